The molecule has 0 radical (unpaired) electrons. The number of nitrogens with one attached hydrogen (secondary N) is 1. The van der Waals surface area contributed by atoms with Gasteiger partial charge in [-0.3, -0.25) is 19.5 Å². The van der Waals surface area contributed by atoms with Gasteiger partial charge in [-0.05, 0) is 37.3 Å². The van der Waals surface area contributed by atoms with Crippen molar-refractivity contribution in [2.45, 2.75) is 18.6 Å². The van der Waals surface area contributed by atoms with Crippen molar-refractivity contribution in [2.24, 2.45) is 0 Å². The van der Waals surface area contributed by atoms with Crippen LogP contribution in [0.2, 0.25) is 0 Å². The van der Waals surface area contributed by atoms with Crippen molar-refractivity contribution in [1.82, 2.24) is 15.1 Å². The second kappa shape index (κ2) is 7.80. The average molecular weight is 448 g/mol. The van der Waals surface area contributed by atoms with Gasteiger partial charge >= 0.3 is 0 Å². The maximum absolute atomic E-state index is 13.2. The molecule has 0 aliphatic carbocycles. The van der Waals surface area contributed by atoms with Crippen LogP contribution < -0.4 is 16.0 Å². The first-order chi connectivity index (χ1) is 15.8. The third kappa shape index (κ3) is 3.62. The summed E-state index contributed by atoms with van der Waals surface area (Å²) in [6, 6.07) is 10.1. The summed E-state index contributed by atoms with van der Waals surface area (Å²) >= 11 is 0. The third-order valence-corrected chi connectivity index (χ3v) is 5.57. The lowest BCUT2D eigenvalue weighted by atomic mass is 9.95. The molecule has 4 aromatic rings. The van der Waals surface area contributed by atoms with E-state index in [9.17, 15) is 14.7 Å². The van der Waals surface area contributed by atoms with E-state index in [2.05, 4.69) is 20.4 Å². The van der Waals surface area contributed by atoms with E-state index in [4.69, 9.17) is 15.0 Å². The SMILES string of the molecule is C[C@](O)(C(=O)Nc1ccc2c(N)noc2c1)[C@H]1OCCN(c2ccc3ccncc3n2)C1=O. The van der Waals surface area contributed by atoms with E-state index >= 15 is 0 Å². The van der Waals surface area contributed by atoms with Crippen molar-refractivity contribution >= 4 is 51.0 Å². The zero-order valence-corrected chi connectivity index (χ0v) is 17.6. The minimum Gasteiger partial charge on any atom is -0.380 e. The fourth-order valence-electron chi connectivity index (χ4n) is 3.73. The number of rotatable bonds is 4. The zero-order chi connectivity index (χ0) is 23.2. The van der Waals surface area contributed by atoms with Crippen molar-refractivity contribution in [3.63, 3.8) is 0 Å². The number of nitrogens with zero attached hydrogens (tertiary/aromatic N) is 4. The van der Waals surface area contributed by atoms with Crippen molar-refractivity contribution in [3.8, 4) is 0 Å². The van der Waals surface area contributed by atoms with Crippen LogP contribution in [0.4, 0.5) is 17.3 Å². The summed E-state index contributed by atoms with van der Waals surface area (Å²) in [5.41, 5.74) is 4.88. The topological polar surface area (TPSA) is 157 Å². The first kappa shape index (κ1) is 20.8. The average Bonchev–Trinajstić information content (AvgIpc) is 3.18. The number of aliphatic hydroxyl groups is 1. The minimum atomic E-state index is -2.16. The van der Waals surface area contributed by atoms with Gasteiger partial charge in [0.25, 0.3) is 11.8 Å². The molecular formula is C22H20N6O5. The summed E-state index contributed by atoms with van der Waals surface area (Å²) in [6.07, 6.45) is 1.83. The molecule has 0 unspecified atom stereocenters. The standard InChI is InChI=1S/C22H20N6O5/c1-22(31,21(30)25-13-3-4-14-16(10-13)33-27-19(14)23)18-20(29)28(8-9-32-18)17-5-2-12-6-7-24-11-15(12)26-17/h2-7,10-11,18,31H,8-9H2,1H3,(H2,23,27)(H,25,30)/t18-,22+/m0/s1. The predicted molar refractivity (Wildman–Crippen MR) is 119 cm³/mol. The lowest BCUT2D eigenvalue weighted by Crippen LogP contribution is -2.61. The molecule has 4 heterocycles. The van der Waals surface area contributed by atoms with Gasteiger partial charge in [0.15, 0.2) is 23.1 Å². The lowest BCUT2D eigenvalue weighted by molar-refractivity contribution is -0.165. The number of benzene rings is 1. The van der Waals surface area contributed by atoms with Crippen LogP contribution in [0.1, 0.15) is 6.92 Å². The molecule has 1 saturated heterocycles. The zero-order valence-electron chi connectivity index (χ0n) is 17.6. The number of nitrogen functional groups attached to an aromatic ring is 1. The van der Waals surface area contributed by atoms with Gasteiger partial charge in [-0.15, -0.1) is 0 Å². The number of carbonyl (C=O) groups excluding carboxylic acids is 2. The Labute approximate surface area is 187 Å². The molecule has 1 aliphatic heterocycles. The molecule has 0 saturated carbocycles. The predicted octanol–water partition coefficient (Wildman–Crippen LogP) is 1.47. The number of pyridine rings is 2. The molecule has 5 rings (SSSR count). The number of fused-ring (bicyclic) bond motifs is 2. The number of carbonyl (C=O) groups is 2. The van der Waals surface area contributed by atoms with Gasteiger partial charge in [0.2, 0.25) is 0 Å². The van der Waals surface area contributed by atoms with Gasteiger partial charge in [0.05, 0.1) is 30.3 Å². The number of aromatic nitrogens is 3. The van der Waals surface area contributed by atoms with Gasteiger partial charge in [0, 0.05) is 23.3 Å². The van der Waals surface area contributed by atoms with Crippen LogP contribution in [-0.4, -0.2) is 56.9 Å². The van der Waals surface area contributed by atoms with Crippen LogP contribution in [-0.2, 0) is 14.3 Å². The number of morpholine rings is 1. The quantitative estimate of drug-likeness (QED) is 0.420. The van der Waals surface area contributed by atoms with Crippen LogP contribution in [0.5, 0.6) is 0 Å². The maximum Gasteiger partial charge on any atom is 0.260 e. The monoisotopic (exact) mass is 448 g/mol. The van der Waals surface area contributed by atoms with E-state index in [1.165, 1.54) is 17.9 Å². The van der Waals surface area contributed by atoms with Crippen molar-refractivity contribution in [2.75, 3.05) is 29.1 Å². The Bertz CT molecular complexity index is 1380. The lowest BCUT2D eigenvalue weighted by Gasteiger charge is -2.37. The number of hydrogen-bond donors (Lipinski definition) is 3. The van der Waals surface area contributed by atoms with Crippen LogP contribution in [0.15, 0.2) is 53.3 Å². The second-order valence-corrected chi connectivity index (χ2v) is 7.86. The first-order valence-electron chi connectivity index (χ1n) is 10.2. The molecule has 1 aromatic carbocycles. The molecule has 2 amide bonds. The van der Waals surface area contributed by atoms with Gasteiger partial charge in [-0.25, -0.2) is 4.98 Å². The van der Waals surface area contributed by atoms with Crippen LogP contribution in [0.25, 0.3) is 21.9 Å². The highest BCUT2D eigenvalue weighted by atomic mass is 16.5. The first-order valence-corrected chi connectivity index (χ1v) is 10.2. The Morgan fingerprint density at radius 2 is 2.15 bits per heavy atom. The second-order valence-electron chi connectivity index (χ2n) is 7.86. The highest BCUT2D eigenvalue weighted by molar-refractivity contribution is 6.06. The summed E-state index contributed by atoms with van der Waals surface area (Å²) in [6.45, 7) is 1.59. The maximum atomic E-state index is 13.2. The van der Waals surface area contributed by atoms with Crippen LogP contribution >= 0.6 is 0 Å². The minimum absolute atomic E-state index is 0.121. The molecule has 11 heteroatoms. The van der Waals surface area contributed by atoms with Gasteiger partial charge in [0.1, 0.15) is 5.82 Å². The van der Waals surface area contributed by atoms with Gasteiger partial charge < -0.3 is 25.4 Å². The van der Waals surface area contributed by atoms with Crippen LogP contribution in [0, 0.1) is 0 Å². The Morgan fingerprint density at radius 3 is 3.00 bits per heavy atom. The normalized spacial score (nSPS) is 18.4. The number of ether oxygens (including phenoxy) is 1. The molecule has 0 spiro atoms. The fourth-order valence-corrected chi connectivity index (χ4v) is 3.73. The van der Waals surface area contributed by atoms with Crippen LogP contribution in [0.3, 0.4) is 0 Å². The van der Waals surface area contributed by atoms with E-state index in [0.717, 1.165) is 5.39 Å². The molecule has 1 fully saturated rings. The van der Waals surface area contributed by atoms with E-state index < -0.39 is 23.5 Å². The Hall–Kier alpha value is -4.09. The molecule has 4 N–H and O–H groups in total. The molecule has 1 aliphatic rings. The Balaban J connectivity index is 1.37. The van der Waals surface area contributed by atoms with E-state index in [1.807, 2.05) is 12.1 Å². The number of hydrogen-bond acceptors (Lipinski definition) is 9. The molecule has 168 valence electrons. The van der Waals surface area contributed by atoms with Crippen molar-refractivity contribution < 1.29 is 24.0 Å². The Kier molecular flexibility index (Phi) is 4.91. The van der Waals surface area contributed by atoms with Gasteiger partial charge in [-0.2, -0.15) is 0 Å². The third-order valence-electron chi connectivity index (χ3n) is 5.57. The number of nitrogens with two attached hydrogens (primary N) is 1. The fraction of sp³-hybridized carbons (Fsp3) is 0.227. The summed E-state index contributed by atoms with van der Waals surface area (Å²) in [5, 5.41) is 18.7. The molecule has 11 nitrogen and oxygen atoms in total. The highest BCUT2D eigenvalue weighted by Crippen LogP contribution is 2.28. The van der Waals surface area contributed by atoms with E-state index in [-0.39, 0.29) is 19.0 Å². The molecule has 3 aromatic heterocycles. The molecule has 2 atom stereocenters. The smallest absolute Gasteiger partial charge is 0.260 e. The van der Waals surface area contributed by atoms with Gasteiger partial charge in [-0.1, -0.05) is 5.16 Å². The Morgan fingerprint density at radius 1 is 1.30 bits per heavy atom. The molecular weight excluding hydrogens is 428 g/mol. The van der Waals surface area contributed by atoms with E-state index in [1.54, 1.807) is 30.6 Å². The van der Waals surface area contributed by atoms with Crippen molar-refractivity contribution in [3.05, 3.63) is 48.8 Å². The molecule has 33 heavy (non-hydrogen) atoms. The highest BCUT2D eigenvalue weighted by Gasteiger charge is 2.48. The number of amides is 2. The van der Waals surface area contributed by atoms with Crippen molar-refractivity contribution in [1.29, 1.82) is 0 Å². The molecule has 0 bridgehead atoms. The summed E-state index contributed by atoms with van der Waals surface area (Å²) < 4.78 is 10.6. The summed E-state index contributed by atoms with van der Waals surface area (Å²) in [5.74, 6) is -0.770. The largest absolute Gasteiger partial charge is 0.380 e. The number of anilines is 3. The van der Waals surface area contributed by atoms with E-state index in [0.29, 0.717) is 28.0 Å². The summed E-state index contributed by atoms with van der Waals surface area (Å²) in [4.78, 5) is 36.1. The summed E-state index contributed by atoms with van der Waals surface area (Å²) in [7, 11) is 0.